The van der Waals surface area contributed by atoms with Crippen molar-refractivity contribution in [3.8, 4) is 11.5 Å². The van der Waals surface area contributed by atoms with E-state index in [9.17, 15) is 23.1 Å². The number of carboxylic acid groups (broad SMARTS) is 1. The number of hydrogen-bond acceptors (Lipinski definition) is 7. The summed E-state index contributed by atoms with van der Waals surface area (Å²) in [5.41, 5.74) is 11.4. The number of guanidine groups is 1. The fourth-order valence-corrected chi connectivity index (χ4v) is 5.80. The number of rotatable bonds is 9. The number of fused-ring (bicyclic) bond motifs is 1. The standard InChI is InChI=1S/C21H31N5O7S/c1-12(27)24-19(25-21(22)23)18-11-32-17-10-13(7-8-16(17)33-18)9-15(20(28)29)26-34(30,31)14-5-3-2-4-6-14/h7-8,10,14-15,18-19,26H,2-6,9,11H2,1H3,(H,24,27)(H,28,29)(H4,22,23,25)/t15-,18?,19?/m0/s1. The van der Waals surface area contributed by atoms with Crippen LogP contribution in [0.3, 0.4) is 0 Å². The highest BCUT2D eigenvalue weighted by Gasteiger charge is 2.33. The first-order valence-electron chi connectivity index (χ1n) is 11.1. The van der Waals surface area contributed by atoms with Gasteiger partial charge in [-0.2, -0.15) is 0 Å². The Bertz CT molecular complexity index is 1040. The lowest BCUT2D eigenvalue weighted by Crippen LogP contribution is -2.49. The molecule has 34 heavy (non-hydrogen) atoms. The number of carboxylic acids is 1. The molecule has 3 atom stereocenters. The van der Waals surface area contributed by atoms with Crippen LogP contribution < -0.4 is 31.0 Å². The predicted octanol–water partition coefficient (Wildman–Crippen LogP) is -0.190. The Hall–Kier alpha value is -3.06. The fraction of sp³-hybridized carbons (Fsp3) is 0.571. The number of nitrogens with one attached hydrogen (secondary N) is 2. The van der Waals surface area contributed by atoms with Gasteiger partial charge in [-0.05, 0) is 37.0 Å². The molecule has 1 aromatic carbocycles. The molecular formula is C21H31N5O7S. The van der Waals surface area contributed by atoms with Gasteiger partial charge >= 0.3 is 5.97 Å². The largest absolute Gasteiger partial charge is 0.486 e. The van der Waals surface area contributed by atoms with Crippen LogP contribution >= 0.6 is 0 Å². The van der Waals surface area contributed by atoms with Crippen molar-refractivity contribution in [1.82, 2.24) is 10.0 Å². The van der Waals surface area contributed by atoms with Crippen LogP contribution in [-0.2, 0) is 26.0 Å². The molecule has 2 aliphatic rings. The first-order valence-corrected chi connectivity index (χ1v) is 12.6. The van der Waals surface area contributed by atoms with E-state index in [1.54, 1.807) is 18.2 Å². The Balaban J connectivity index is 1.71. The molecule has 7 N–H and O–H groups in total. The fourth-order valence-electron chi connectivity index (χ4n) is 4.08. The van der Waals surface area contributed by atoms with Gasteiger partial charge in [0.2, 0.25) is 15.9 Å². The van der Waals surface area contributed by atoms with E-state index < -0.39 is 39.6 Å². The van der Waals surface area contributed by atoms with Gasteiger partial charge in [-0.25, -0.2) is 18.1 Å². The molecule has 0 aromatic heterocycles. The molecule has 1 aromatic rings. The summed E-state index contributed by atoms with van der Waals surface area (Å²) in [6, 6.07) is 3.51. The summed E-state index contributed by atoms with van der Waals surface area (Å²) in [6.07, 6.45) is 2.07. The highest BCUT2D eigenvalue weighted by atomic mass is 32.2. The Morgan fingerprint density at radius 2 is 1.91 bits per heavy atom. The third-order valence-corrected chi connectivity index (χ3v) is 7.68. The topological polar surface area (TPSA) is 195 Å². The second kappa shape index (κ2) is 10.9. The van der Waals surface area contributed by atoms with Gasteiger partial charge in [-0.3, -0.25) is 9.59 Å². The number of aliphatic carboxylic acids is 1. The van der Waals surface area contributed by atoms with Gasteiger partial charge in [0.15, 0.2) is 29.7 Å². The number of sulfonamides is 1. The maximum absolute atomic E-state index is 12.7. The van der Waals surface area contributed by atoms with Gasteiger partial charge in [0.25, 0.3) is 0 Å². The van der Waals surface area contributed by atoms with Crippen LogP contribution in [0.25, 0.3) is 0 Å². The van der Waals surface area contributed by atoms with Crippen LogP contribution in [-0.4, -0.2) is 61.5 Å². The third-order valence-electron chi connectivity index (χ3n) is 5.72. The Labute approximate surface area is 198 Å². The number of aliphatic imine (C=N–C) groups is 1. The van der Waals surface area contributed by atoms with E-state index in [1.165, 1.54) is 6.92 Å². The average Bonchev–Trinajstić information content (AvgIpc) is 2.77. The minimum absolute atomic E-state index is 0.0227. The summed E-state index contributed by atoms with van der Waals surface area (Å²) in [4.78, 5) is 27.2. The van der Waals surface area contributed by atoms with Gasteiger partial charge in [0.05, 0.1) is 5.25 Å². The molecule has 13 heteroatoms. The number of benzene rings is 1. The molecule has 0 radical (unpaired) electrons. The monoisotopic (exact) mass is 497 g/mol. The normalized spacial score (nSPS) is 20.1. The summed E-state index contributed by atoms with van der Waals surface area (Å²) < 4.78 is 39.4. The number of nitrogens with zero attached hydrogens (tertiary/aromatic N) is 1. The number of ether oxygens (including phenoxy) is 2. The van der Waals surface area contributed by atoms with E-state index in [2.05, 4.69) is 15.0 Å². The SMILES string of the molecule is CC(=O)NC(N=C(N)N)C1COc2cc(C[C@H](NS(=O)(=O)C3CCCCC3)C(=O)O)ccc2O1. The van der Waals surface area contributed by atoms with Crippen LogP contribution in [0.4, 0.5) is 0 Å². The molecule has 1 fully saturated rings. The molecule has 0 saturated heterocycles. The molecule has 2 unspecified atom stereocenters. The lowest BCUT2D eigenvalue weighted by atomic mass is 10.0. The molecular weight excluding hydrogens is 466 g/mol. The molecule has 1 aliphatic heterocycles. The van der Waals surface area contributed by atoms with Crippen LogP contribution in [0, 0.1) is 0 Å². The van der Waals surface area contributed by atoms with Crippen molar-refractivity contribution in [3.63, 3.8) is 0 Å². The quantitative estimate of drug-likeness (QED) is 0.227. The molecule has 12 nitrogen and oxygen atoms in total. The first-order chi connectivity index (χ1) is 16.0. The van der Waals surface area contributed by atoms with Crippen LogP contribution in [0.1, 0.15) is 44.6 Å². The average molecular weight is 498 g/mol. The Morgan fingerprint density at radius 1 is 1.21 bits per heavy atom. The van der Waals surface area contributed by atoms with E-state index in [4.69, 9.17) is 20.9 Å². The van der Waals surface area contributed by atoms with Crippen LogP contribution in [0.15, 0.2) is 23.2 Å². The van der Waals surface area contributed by atoms with E-state index >= 15 is 0 Å². The van der Waals surface area contributed by atoms with Crippen molar-refractivity contribution in [3.05, 3.63) is 23.8 Å². The summed E-state index contributed by atoms with van der Waals surface area (Å²) in [5, 5.41) is 11.6. The van der Waals surface area contributed by atoms with Crippen LogP contribution in [0.5, 0.6) is 11.5 Å². The molecule has 1 aliphatic carbocycles. The molecule has 0 spiro atoms. The predicted molar refractivity (Wildman–Crippen MR) is 124 cm³/mol. The zero-order valence-corrected chi connectivity index (χ0v) is 19.7. The van der Waals surface area contributed by atoms with Gasteiger partial charge in [0.1, 0.15) is 12.6 Å². The molecule has 188 valence electrons. The van der Waals surface area contributed by atoms with E-state index in [0.717, 1.165) is 19.3 Å². The molecule has 0 bridgehead atoms. The molecule has 1 heterocycles. The van der Waals surface area contributed by atoms with Crippen molar-refractivity contribution < 1.29 is 32.6 Å². The van der Waals surface area contributed by atoms with Gasteiger partial charge < -0.3 is 31.4 Å². The molecule has 1 saturated carbocycles. The lowest BCUT2D eigenvalue weighted by Gasteiger charge is -2.31. The zero-order chi connectivity index (χ0) is 24.9. The van der Waals surface area contributed by atoms with E-state index in [-0.39, 0.29) is 24.9 Å². The highest BCUT2D eigenvalue weighted by Crippen LogP contribution is 2.34. The third kappa shape index (κ3) is 6.73. The van der Waals surface area contributed by atoms with Crippen LogP contribution in [0.2, 0.25) is 0 Å². The van der Waals surface area contributed by atoms with Gasteiger partial charge in [-0.15, -0.1) is 0 Å². The Kier molecular flexibility index (Phi) is 8.20. The minimum atomic E-state index is -3.76. The number of amides is 1. The van der Waals surface area contributed by atoms with Gasteiger partial charge in [-0.1, -0.05) is 25.3 Å². The zero-order valence-electron chi connectivity index (χ0n) is 18.9. The summed E-state index contributed by atoms with van der Waals surface area (Å²) in [6.45, 7) is 1.34. The Morgan fingerprint density at radius 3 is 2.53 bits per heavy atom. The first kappa shape index (κ1) is 25.6. The van der Waals surface area contributed by atoms with Crippen molar-refractivity contribution in [2.45, 2.75) is 69.0 Å². The van der Waals surface area contributed by atoms with Gasteiger partial charge in [0, 0.05) is 6.92 Å². The maximum Gasteiger partial charge on any atom is 0.322 e. The number of carbonyl (C=O) groups is 2. The number of hydrogen-bond donors (Lipinski definition) is 5. The van der Waals surface area contributed by atoms with Crippen molar-refractivity contribution in [2.75, 3.05) is 6.61 Å². The van der Waals surface area contributed by atoms with Crippen molar-refractivity contribution >= 4 is 27.9 Å². The second-order valence-corrected chi connectivity index (χ2v) is 10.5. The number of carbonyl (C=O) groups excluding carboxylic acids is 1. The molecule has 3 rings (SSSR count). The summed E-state index contributed by atoms with van der Waals surface area (Å²) in [7, 11) is -3.76. The van der Waals surface area contributed by atoms with Crippen molar-refractivity contribution in [2.24, 2.45) is 16.5 Å². The van der Waals surface area contributed by atoms with E-state index in [1.807, 2.05) is 0 Å². The van der Waals surface area contributed by atoms with E-state index in [0.29, 0.717) is 29.9 Å². The lowest BCUT2D eigenvalue weighted by molar-refractivity contribution is -0.139. The highest BCUT2D eigenvalue weighted by molar-refractivity contribution is 7.90. The number of nitrogens with two attached hydrogens (primary N) is 2. The summed E-state index contributed by atoms with van der Waals surface area (Å²) >= 11 is 0. The van der Waals surface area contributed by atoms with Crippen molar-refractivity contribution in [1.29, 1.82) is 0 Å². The smallest absolute Gasteiger partial charge is 0.322 e. The molecule has 1 amide bonds. The minimum Gasteiger partial charge on any atom is -0.486 e. The second-order valence-electron chi connectivity index (χ2n) is 8.47. The summed E-state index contributed by atoms with van der Waals surface area (Å²) in [5.74, 6) is -1.12. The maximum atomic E-state index is 12.7.